The second-order valence-corrected chi connectivity index (χ2v) is 9.65. The van der Waals surface area contributed by atoms with E-state index in [1.54, 1.807) is 57.2 Å². The van der Waals surface area contributed by atoms with Crippen LogP contribution < -0.4 is 0 Å². The van der Waals surface area contributed by atoms with E-state index in [0.29, 0.717) is 39.0 Å². The zero-order valence-corrected chi connectivity index (χ0v) is 21.8. The van der Waals surface area contributed by atoms with Crippen LogP contribution >= 0.6 is 0 Å². The highest BCUT2D eigenvalue weighted by Gasteiger charge is 2.25. The minimum atomic E-state index is -0.620. The average Bonchev–Trinajstić information content (AvgIpc) is 3.17. The summed E-state index contributed by atoms with van der Waals surface area (Å²) >= 11 is 0. The number of carbonyl (C=O) groups is 3. The van der Waals surface area contributed by atoms with E-state index in [1.165, 1.54) is 20.1 Å². The third-order valence-corrected chi connectivity index (χ3v) is 5.71. The zero-order valence-electron chi connectivity index (χ0n) is 21.8. The van der Waals surface area contributed by atoms with Gasteiger partial charge >= 0.3 is 11.9 Å². The molecule has 0 unspecified atom stereocenters. The fraction of sp³-hybridized carbons (Fsp3) is 0.200. The molecular formula is C30H28N2O6. The van der Waals surface area contributed by atoms with Crippen LogP contribution in [0.3, 0.4) is 0 Å². The van der Waals surface area contributed by atoms with E-state index in [9.17, 15) is 19.5 Å². The summed E-state index contributed by atoms with van der Waals surface area (Å²) in [6.07, 6.45) is 0. The molecule has 38 heavy (non-hydrogen) atoms. The molecule has 0 atom stereocenters. The van der Waals surface area contributed by atoms with Crippen molar-refractivity contribution >= 4 is 40.1 Å². The third-order valence-electron chi connectivity index (χ3n) is 5.71. The van der Waals surface area contributed by atoms with Gasteiger partial charge in [-0.15, -0.1) is 0 Å². The predicted octanol–water partition coefficient (Wildman–Crippen LogP) is 5.92. The van der Waals surface area contributed by atoms with E-state index in [4.69, 9.17) is 14.5 Å². The minimum absolute atomic E-state index is 0.238. The van der Waals surface area contributed by atoms with Gasteiger partial charge in [-0.05, 0) is 57.2 Å². The van der Waals surface area contributed by atoms with Gasteiger partial charge in [0, 0.05) is 17.9 Å². The lowest BCUT2D eigenvalue weighted by Gasteiger charge is -2.19. The molecule has 4 rings (SSSR count). The van der Waals surface area contributed by atoms with Crippen LogP contribution in [0.1, 0.15) is 64.3 Å². The van der Waals surface area contributed by atoms with E-state index in [2.05, 4.69) is 0 Å². The Morgan fingerprint density at radius 2 is 1.47 bits per heavy atom. The Morgan fingerprint density at radius 3 is 2.05 bits per heavy atom. The number of ether oxygens (including phenoxy) is 2. The van der Waals surface area contributed by atoms with Crippen molar-refractivity contribution < 1.29 is 29.0 Å². The standard InChI is InChI=1S/C30H28N2O6/c1-18(33)32-24-17-21(28(35)37-5)13-16-23(24)25(27(32)34)26(19-9-7-6-8-10-19)31-22-14-11-20(12-15-22)29(36)38-30(2,3)4/h6-17,34H,1-5H3. The molecule has 0 saturated heterocycles. The summed E-state index contributed by atoms with van der Waals surface area (Å²) in [4.78, 5) is 42.0. The molecule has 0 aliphatic heterocycles. The van der Waals surface area contributed by atoms with Crippen LogP contribution in [0.25, 0.3) is 10.9 Å². The maximum atomic E-state index is 12.6. The maximum absolute atomic E-state index is 12.6. The van der Waals surface area contributed by atoms with E-state index >= 15 is 0 Å². The number of methoxy groups -OCH3 is 1. The quantitative estimate of drug-likeness (QED) is 0.263. The highest BCUT2D eigenvalue weighted by atomic mass is 16.6. The van der Waals surface area contributed by atoms with Gasteiger partial charge in [0.2, 0.25) is 11.8 Å². The van der Waals surface area contributed by atoms with Crippen LogP contribution in [0.2, 0.25) is 0 Å². The summed E-state index contributed by atoms with van der Waals surface area (Å²) in [7, 11) is 1.27. The van der Waals surface area contributed by atoms with Gasteiger partial charge < -0.3 is 14.6 Å². The number of carbonyl (C=O) groups excluding carboxylic acids is 3. The van der Waals surface area contributed by atoms with Crippen molar-refractivity contribution in [2.75, 3.05) is 7.11 Å². The lowest BCUT2D eigenvalue weighted by atomic mass is 10.00. The minimum Gasteiger partial charge on any atom is -0.494 e. The van der Waals surface area contributed by atoms with Crippen molar-refractivity contribution in [1.29, 1.82) is 0 Å². The van der Waals surface area contributed by atoms with Crippen LogP contribution in [0.4, 0.5) is 5.69 Å². The zero-order chi connectivity index (χ0) is 27.6. The molecule has 0 spiro atoms. The van der Waals surface area contributed by atoms with Gasteiger partial charge in [0.1, 0.15) is 5.60 Å². The summed E-state index contributed by atoms with van der Waals surface area (Å²) in [6, 6.07) is 20.5. The van der Waals surface area contributed by atoms with Gasteiger partial charge in [0.15, 0.2) is 0 Å². The molecule has 0 amide bonds. The van der Waals surface area contributed by atoms with Gasteiger partial charge in [-0.1, -0.05) is 36.4 Å². The molecule has 1 heterocycles. The third kappa shape index (κ3) is 5.34. The van der Waals surface area contributed by atoms with Crippen LogP contribution in [0, 0.1) is 0 Å². The van der Waals surface area contributed by atoms with Crippen LogP contribution in [-0.4, -0.2) is 45.9 Å². The smallest absolute Gasteiger partial charge is 0.338 e. The number of aromatic nitrogens is 1. The highest BCUT2D eigenvalue weighted by Crippen LogP contribution is 2.35. The first-order valence-electron chi connectivity index (χ1n) is 11.9. The summed E-state index contributed by atoms with van der Waals surface area (Å²) < 4.78 is 11.4. The topological polar surface area (TPSA) is 107 Å². The molecule has 0 bridgehead atoms. The Hall–Kier alpha value is -4.72. The van der Waals surface area contributed by atoms with Crippen molar-refractivity contribution in [1.82, 2.24) is 4.57 Å². The Labute approximate surface area is 220 Å². The number of rotatable bonds is 5. The van der Waals surface area contributed by atoms with E-state index in [-0.39, 0.29) is 11.4 Å². The SMILES string of the molecule is COC(=O)c1ccc2c(C(=Nc3ccc(C(=O)OC(C)(C)C)cc3)c3ccccc3)c(O)n(C(C)=O)c2c1. The number of aliphatic imine (C=N–C) groups is 1. The number of fused-ring (bicyclic) bond motifs is 1. The number of hydrogen-bond donors (Lipinski definition) is 1. The largest absolute Gasteiger partial charge is 0.494 e. The number of hydrogen-bond acceptors (Lipinski definition) is 7. The Kier molecular flexibility index (Phi) is 7.17. The molecule has 194 valence electrons. The number of esters is 2. The molecule has 8 nitrogen and oxygen atoms in total. The van der Waals surface area contributed by atoms with Gasteiger partial charge in [0.25, 0.3) is 0 Å². The lowest BCUT2D eigenvalue weighted by molar-refractivity contribution is 0.00692. The Balaban J connectivity index is 1.91. The summed E-state index contributed by atoms with van der Waals surface area (Å²) in [5.41, 5.74) is 2.29. The Bertz CT molecular complexity index is 1560. The first-order valence-corrected chi connectivity index (χ1v) is 11.9. The number of benzene rings is 3. The molecule has 0 saturated carbocycles. The second kappa shape index (κ2) is 10.3. The molecule has 0 aliphatic rings. The van der Waals surface area contributed by atoms with Crippen LogP contribution in [0.15, 0.2) is 77.8 Å². The van der Waals surface area contributed by atoms with Crippen molar-refractivity contribution in [3.8, 4) is 5.88 Å². The summed E-state index contributed by atoms with van der Waals surface area (Å²) in [5.74, 6) is -1.75. The van der Waals surface area contributed by atoms with E-state index in [0.717, 1.165) is 4.57 Å². The predicted molar refractivity (Wildman–Crippen MR) is 145 cm³/mol. The van der Waals surface area contributed by atoms with Crippen molar-refractivity contribution in [3.63, 3.8) is 0 Å². The molecule has 3 aromatic carbocycles. The van der Waals surface area contributed by atoms with Crippen LogP contribution in [0.5, 0.6) is 5.88 Å². The normalized spacial score (nSPS) is 11.9. The monoisotopic (exact) mass is 512 g/mol. The molecule has 1 aromatic heterocycles. The highest BCUT2D eigenvalue weighted by molar-refractivity contribution is 6.23. The fourth-order valence-corrected chi connectivity index (χ4v) is 4.07. The van der Waals surface area contributed by atoms with Crippen LogP contribution in [-0.2, 0) is 9.47 Å². The molecule has 8 heteroatoms. The first kappa shape index (κ1) is 26.3. The van der Waals surface area contributed by atoms with E-state index in [1.807, 2.05) is 30.3 Å². The van der Waals surface area contributed by atoms with E-state index < -0.39 is 23.4 Å². The van der Waals surface area contributed by atoms with Crippen molar-refractivity contribution in [3.05, 3.63) is 95.1 Å². The molecule has 0 fully saturated rings. The summed E-state index contributed by atoms with van der Waals surface area (Å²) in [5, 5.41) is 11.8. The van der Waals surface area contributed by atoms with Crippen molar-refractivity contribution in [2.24, 2.45) is 4.99 Å². The summed E-state index contributed by atoms with van der Waals surface area (Å²) in [6.45, 7) is 6.72. The molecule has 4 aromatic rings. The Morgan fingerprint density at radius 1 is 0.842 bits per heavy atom. The van der Waals surface area contributed by atoms with Gasteiger partial charge in [-0.2, -0.15) is 0 Å². The maximum Gasteiger partial charge on any atom is 0.338 e. The van der Waals surface area contributed by atoms with Crippen molar-refractivity contribution in [2.45, 2.75) is 33.3 Å². The molecule has 1 N–H and O–H groups in total. The first-order chi connectivity index (χ1) is 18.0. The fourth-order valence-electron chi connectivity index (χ4n) is 4.07. The second-order valence-electron chi connectivity index (χ2n) is 9.65. The average molecular weight is 513 g/mol. The molecular weight excluding hydrogens is 484 g/mol. The lowest BCUT2D eigenvalue weighted by Crippen LogP contribution is -2.23. The number of aromatic hydroxyl groups is 1. The molecule has 0 aliphatic carbocycles. The van der Waals surface area contributed by atoms with Gasteiger partial charge in [-0.25, -0.2) is 14.6 Å². The number of nitrogens with zero attached hydrogens (tertiary/aromatic N) is 2. The van der Waals surface area contributed by atoms with Gasteiger partial charge in [-0.3, -0.25) is 9.36 Å². The van der Waals surface area contributed by atoms with Gasteiger partial charge in [0.05, 0.1) is 40.7 Å². The molecule has 0 radical (unpaired) electrons.